The van der Waals surface area contributed by atoms with Gasteiger partial charge in [-0.2, -0.15) is 5.26 Å². The molecule has 0 spiro atoms. The summed E-state index contributed by atoms with van der Waals surface area (Å²) in [5.41, 5.74) is 4.27. The highest BCUT2D eigenvalue weighted by Crippen LogP contribution is 2.20. The second kappa shape index (κ2) is 4.96. The van der Waals surface area contributed by atoms with Gasteiger partial charge < -0.3 is 0 Å². The Bertz CT molecular complexity index is 506. The van der Waals surface area contributed by atoms with Gasteiger partial charge in [0.2, 0.25) is 0 Å². The lowest BCUT2D eigenvalue weighted by atomic mass is 10.0. The number of nitriles is 1. The molecule has 1 nitrogen and oxygen atoms in total. The van der Waals surface area contributed by atoms with E-state index in [2.05, 4.69) is 46.3 Å². The number of alkyl halides is 1. The first-order valence-electron chi connectivity index (χ1n) is 4.99. The standard InChI is InChI=1S/C14H10BrN/c15-9-11-1-5-13(6-2-11)14-7-3-12(10-16)4-8-14/h1-8H,9H2. The third-order valence-corrected chi connectivity index (χ3v) is 3.10. The van der Waals surface area contributed by atoms with Gasteiger partial charge in [0.1, 0.15) is 0 Å². The van der Waals surface area contributed by atoms with Crippen molar-refractivity contribution < 1.29 is 0 Å². The molecular formula is C14H10BrN. The molecule has 16 heavy (non-hydrogen) atoms. The molecule has 0 N–H and O–H groups in total. The van der Waals surface area contributed by atoms with Crippen LogP contribution < -0.4 is 0 Å². The van der Waals surface area contributed by atoms with Crippen molar-refractivity contribution in [1.29, 1.82) is 5.26 Å². The van der Waals surface area contributed by atoms with Crippen LogP contribution in [0.25, 0.3) is 11.1 Å². The van der Waals surface area contributed by atoms with E-state index in [9.17, 15) is 0 Å². The van der Waals surface area contributed by atoms with Crippen LogP contribution >= 0.6 is 15.9 Å². The Morgan fingerprint density at radius 3 is 1.81 bits per heavy atom. The lowest BCUT2D eigenvalue weighted by Gasteiger charge is -2.02. The molecule has 0 heterocycles. The van der Waals surface area contributed by atoms with Gasteiger partial charge in [-0.15, -0.1) is 0 Å². The van der Waals surface area contributed by atoms with Gasteiger partial charge in [0, 0.05) is 5.33 Å². The van der Waals surface area contributed by atoms with Crippen LogP contribution in [0.1, 0.15) is 11.1 Å². The van der Waals surface area contributed by atoms with Crippen molar-refractivity contribution in [3.63, 3.8) is 0 Å². The van der Waals surface area contributed by atoms with Crippen molar-refractivity contribution in [2.75, 3.05) is 0 Å². The largest absolute Gasteiger partial charge is 0.192 e. The maximum atomic E-state index is 8.71. The zero-order valence-corrected chi connectivity index (χ0v) is 10.2. The van der Waals surface area contributed by atoms with E-state index < -0.39 is 0 Å². The molecule has 0 radical (unpaired) electrons. The Morgan fingerprint density at radius 2 is 1.38 bits per heavy atom. The SMILES string of the molecule is N#Cc1ccc(-c2ccc(CBr)cc2)cc1. The summed E-state index contributed by atoms with van der Waals surface area (Å²) in [5.74, 6) is 0. The van der Waals surface area contributed by atoms with Crippen LogP contribution in [0.2, 0.25) is 0 Å². The van der Waals surface area contributed by atoms with E-state index in [0.29, 0.717) is 5.56 Å². The van der Waals surface area contributed by atoms with Gasteiger partial charge in [0.15, 0.2) is 0 Å². The number of hydrogen-bond donors (Lipinski definition) is 0. The second-order valence-electron chi connectivity index (χ2n) is 3.52. The first-order chi connectivity index (χ1) is 7.83. The maximum absolute atomic E-state index is 8.71. The minimum Gasteiger partial charge on any atom is -0.192 e. The van der Waals surface area contributed by atoms with Crippen LogP contribution in [0.4, 0.5) is 0 Å². The smallest absolute Gasteiger partial charge is 0.0991 e. The van der Waals surface area contributed by atoms with E-state index in [1.165, 1.54) is 11.1 Å². The fourth-order valence-electron chi connectivity index (χ4n) is 1.52. The van der Waals surface area contributed by atoms with Gasteiger partial charge in [0.25, 0.3) is 0 Å². The topological polar surface area (TPSA) is 23.8 Å². The Kier molecular flexibility index (Phi) is 3.38. The van der Waals surface area contributed by atoms with Crippen LogP contribution in [0.3, 0.4) is 0 Å². The molecule has 0 aliphatic carbocycles. The van der Waals surface area contributed by atoms with Crippen molar-refractivity contribution in [2.24, 2.45) is 0 Å². The van der Waals surface area contributed by atoms with E-state index in [1.54, 1.807) is 0 Å². The maximum Gasteiger partial charge on any atom is 0.0991 e. The average Bonchev–Trinajstić information content (AvgIpc) is 2.39. The monoisotopic (exact) mass is 271 g/mol. The summed E-state index contributed by atoms with van der Waals surface area (Å²) in [4.78, 5) is 0. The van der Waals surface area contributed by atoms with Crippen LogP contribution in [0.15, 0.2) is 48.5 Å². The lowest BCUT2D eigenvalue weighted by Crippen LogP contribution is -1.81. The van der Waals surface area contributed by atoms with E-state index in [-0.39, 0.29) is 0 Å². The molecule has 0 amide bonds. The average molecular weight is 272 g/mol. The molecule has 78 valence electrons. The summed E-state index contributed by atoms with van der Waals surface area (Å²) < 4.78 is 0. The van der Waals surface area contributed by atoms with Gasteiger partial charge in [-0.3, -0.25) is 0 Å². The molecule has 0 atom stereocenters. The molecule has 0 bridgehead atoms. The number of rotatable bonds is 2. The van der Waals surface area contributed by atoms with Crippen molar-refractivity contribution in [3.05, 3.63) is 59.7 Å². The predicted molar refractivity (Wildman–Crippen MR) is 69.2 cm³/mol. The Morgan fingerprint density at radius 1 is 0.875 bits per heavy atom. The van der Waals surface area contributed by atoms with Crippen LogP contribution in [0.5, 0.6) is 0 Å². The van der Waals surface area contributed by atoms with Crippen LogP contribution in [0, 0.1) is 11.3 Å². The summed E-state index contributed by atoms with van der Waals surface area (Å²) in [5, 5.41) is 9.59. The highest BCUT2D eigenvalue weighted by atomic mass is 79.9. The zero-order valence-electron chi connectivity index (χ0n) is 8.65. The van der Waals surface area contributed by atoms with Crippen molar-refractivity contribution in [1.82, 2.24) is 0 Å². The fraction of sp³-hybridized carbons (Fsp3) is 0.0714. The molecule has 0 saturated carbocycles. The number of hydrogen-bond acceptors (Lipinski definition) is 1. The summed E-state index contributed by atoms with van der Waals surface area (Å²) >= 11 is 3.42. The Labute approximate surface area is 103 Å². The molecule has 0 aromatic heterocycles. The summed E-state index contributed by atoms with van der Waals surface area (Å²) in [6.07, 6.45) is 0. The van der Waals surface area contributed by atoms with Gasteiger partial charge in [-0.25, -0.2) is 0 Å². The third kappa shape index (κ3) is 2.32. The molecule has 2 heteroatoms. The fourth-order valence-corrected chi connectivity index (χ4v) is 1.90. The number of benzene rings is 2. The molecule has 2 rings (SSSR count). The highest BCUT2D eigenvalue weighted by Gasteiger charge is 1.98. The van der Waals surface area contributed by atoms with Gasteiger partial charge in [-0.1, -0.05) is 52.3 Å². The minimum absolute atomic E-state index is 0.695. The molecule has 2 aromatic rings. The number of nitrogens with zero attached hydrogens (tertiary/aromatic N) is 1. The summed E-state index contributed by atoms with van der Waals surface area (Å²) in [6.45, 7) is 0. The summed E-state index contributed by atoms with van der Waals surface area (Å²) in [6, 6.07) is 18.1. The minimum atomic E-state index is 0.695. The summed E-state index contributed by atoms with van der Waals surface area (Å²) in [7, 11) is 0. The van der Waals surface area contributed by atoms with E-state index >= 15 is 0 Å². The van der Waals surface area contributed by atoms with Gasteiger partial charge >= 0.3 is 0 Å². The van der Waals surface area contributed by atoms with Gasteiger partial charge in [0.05, 0.1) is 11.6 Å². The predicted octanol–water partition coefficient (Wildman–Crippen LogP) is 4.12. The normalized spacial score (nSPS) is 9.75. The first-order valence-corrected chi connectivity index (χ1v) is 6.11. The molecule has 0 fully saturated rings. The Balaban J connectivity index is 2.32. The molecular weight excluding hydrogens is 262 g/mol. The molecule has 0 aliphatic rings. The number of halogens is 1. The zero-order chi connectivity index (χ0) is 11.4. The van der Waals surface area contributed by atoms with Crippen molar-refractivity contribution in [3.8, 4) is 17.2 Å². The van der Waals surface area contributed by atoms with E-state index in [4.69, 9.17) is 5.26 Å². The Hall–Kier alpha value is -1.59. The first kappa shape index (κ1) is 10.9. The van der Waals surface area contributed by atoms with E-state index in [0.717, 1.165) is 10.9 Å². The molecule has 2 aromatic carbocycles. The van der Waals surface area contributed by atoms with Crippen molar-refractivity contribution >= 4 is 15.9 Å². The third-order valence-electron chi connectivity index (χ3n) is 2.46. The van der Waals surface area contributed by atoms with Gasteiger partial charge in [-0.05, 0) is 28.8 Å². The lowest BCUT2D eigenvalue weighted by molar-refractivity contribution is 1.43. The highest BCUT2D eigenvalue weighted by molar-refractivity contribution is 9.08. The second-order valence-corrected chi connectivity index (χ2v) is 4.08. The van der Waals surface area contributed by atoms with Crippen LogP contribution in [-0.2, 0) is 5.33 Å². The van der Waals surface area contributed by atoms with Crippen LogP contribution in [-0.4, -0.2) is 0 Å². The van der Waals surface area contributed by atoms with E-state index in [1.807, 2.05) is 24.3 Å². The molecule has 0 unspecified atom stereocenters. The van der Waals surface area contributed by atoms with Crippen molar-refractivity contribution in [2.45, 2.75) is 5.33 Å². The molecule has 0 aliphatic heterocycles. The molecule has 0 saturated heterocycles. The quantitative estimate of drug-likeness (QED) is 0.754.